The Labute approximate surface area is 108 Å². The van der Waals surface area contributed by atoms with Gasteiger partial charge in [-0.05, 0) is 19.9 Å². The monoisotopic (exact) mass is 272 g/mol. The molecule has 0 fully saturated rings. The summed E-state index contributed by atoms with van der Waals surface area (Å²) in [5, 5.41) is 2.29. The Hall–Kier alpha value is -2.18. The van der Waals surface area contributed by atoms with Crippen molar-refractivity contribution in [3.05, 3.63) is 29.3 Å². The molecule has 1 aromatic carbocycles. The van der Waals surface area contributed by atoms with Gasteiger partial charge in [-0.1, -0.05) is 0 Å². The van der Waals surface area contributed by atoms with Gasteiger partial charge in [-0.15, -0.1) is 0 Å². The third kappa shape index (κ3) is 3.64. The Balaban J connectivity index is 2.84. The second-order valence-corrected chi connectivity index (χ2v) is 3.80. The summed E-state index contributed by atoms with van der Waals surface area (Å²) in [6.07, 6.45) is 0. The predicted molar refractivity (Wildman–Crippen MR) is 64.3 cm³/mol. The molecule has 0 bridgehead atoms. The molecule has 7 heteroatoms. The highest BCUT2D eigenvalue weighted by molar-refractivity contribution is 6.00. The van der Waals surface area contributed by atoms with Gasteiger partial charge in [0.15, 0.2) is 11.6 Å². The van der Waals surface area contributed by atoms with E-state index in [0.717, 1.165) is 0 Å². The van der Waals surface area contributed by atoms with E-state index in [0.29, 0.717) is 12.1 Å². The second kappa shape index (κ2) is 6.12. The zero-order valence-electron chi connectivity index (χ0n) is 10.5. The summed E-state index contributed by atoms with van der Waals surface area (Å²) in [4.78, 5) is 23.1. The Morgan fingerprint density at radius 3 is 2.53 bits per heavy atom. The van der Waals surface area contributed by atoms with Gasteiger partial charge in [0.1, 0.15) is 6.04 Å². The number of nitrogens with one attached hydrogen (secondary N) is 1. The summed E-state index contributed by atoms with van der Waals surface area (Å²) in [5.41, 5.74) is 4.96. The van der Waals surface area contributed by atoms with Crippen molar-refractivity contribution in [3.8, 4) is 0 Å². The molecule has 1 atom stereocenters. The molecule has 1 unspecified atom stereocenters. The van der Waals surface area contributed by atoms with Crippen LogP contribution in [-0.2, 0) is 9.53 Å². The van der Waals surface area contributed by atoms with Gasteiger partial charge in [0.25, 0.3) is 5.91 Å². The van der Waals surface area contributed by atoms with Crippen LogP contribution in [0.4, 0.5) is 14.5 Å². The minimum atomic E-state index is -1.19. The number of nitrogens with two attached hydrogens (primary N) is 1. The van der Waals surface area contributed by atoms with Crippen LogP contribution < -0.4 is 11.1 Å². The molecule has 3 N–H and O–H groups in total. The molecule has 0 aromatic heterocycles. The topological polar surface area (TPSA) is 81.4 Å². The maximum Gasteiger partial charge on any atom is 0.328 e. The van der Waals surface area contributed by atoms with Crippen LogP contribution in [0.5, 0.6) is 0 Å². The number of carbonyl (C=O) groups is 2. The number of amides is 1. The summed E-state index contributed by atoms with van der Waals surface area (Å²) >= 11 is 0. The smallest absolute Gasteiger partial charge is 0.328 e. The van der Waals surface area contributed by atoms with E-state index in [1.165, 1.54) is 6.92 Å². The average molecular weight is 272 g/mol. The van der Waals surface area contributed by atoms with E-state index in [4.69, 9.17) is 10.5 Å². The number of nitrogen functional groups attached to an aromatic ring is 1. The quantitative estimate of drug-likeness (QED) is 0.638. The lowest BCUT2D eigenvalue weighted by Crippen LogP contribution is -2.39. The van der Waals surface area contributed by atoms with Gasteiger partial charge in [-0.3, -0.25) is 4.79 Å². The van der Waals surface area contributed by atoms with Gasteiger partial charge < -0.3 is 15.8 Å². The Kier molecular flexibility index (Phi) is 4.80. The second-order valence-electron chi connectivity index (χ2n) is 3.80. The van der Waals surface area contributed by atoms with E-state index < -0.39 is 29.6 Å². The number of anilines is 1. The van der Waals surface area contributed by atoms with Crippen molar-refractivity contribution in [1.82, 2.24) is 5.32 Å². The standard InChI is InChI=1S/C12H14F2N2O3/c1-3-19-12(18)6(2)16-11(17)7-4-8(13)9(14)5-10(7)15/h4-6H,3,15H2,1-2H3,(H,16,17). The first-order chi connectivity index (χ1) is 8.86. The fourth-order valence-corrected chi connectivity index (χ4v) is 1.36. The fourth-order valence-electron chi connectivity index (χ4n) is 1.36. The molecule has 19 heavy (non-hydrogen) atoms. The van der Waals surface area contributed by atoms with Crippen molar-refractivity contribution >= 4 is 17.6 Å². The van der Waals surface area contributed by atoms with Crippen LogP contribution in [0.15, 0.2) is 12.1 Å². The fraction of sp³-hybridized carbons (Fsp3) is 0.333. The van der Waals surface area contributed by atoms with E-state index in [2.05, 4.69) is 5.32 Å². The highest BCUT2D eigenvalue weighted by Gasteiger charge is 2.20. The minimum absolute atomic E-state index is 0.173. The molecular formula is C12H14F2N2O3. The highest BCUT2D eigenvalue weighted by Crippen LogP contribution is 2.17. The predicted octanol–water partition coefficient (Wildman–Crippen LogP) is 1.23. The largest absolute Gasteiger partial charge is 0.464 e. The summed E-state index contributed by atoms with van der Waals surface area (Å²) in [6.45, 7) is 3.21. The van der Waals surface area contributed by atoms with Crippen molar-refractivity contribution in [2.45, 2.75) is 19.9 Å². The molecule has 0 aliphatic carbocycles. The van der Waals surface area contributed by atoms with Gasteiger partial charge in [0, 0.05) is 11.8 Å². The Bertz CT molecular complexity index is 506. The first-order valence-electron chi connectivity index (χ1n) is 5.58. The molecule has 0 aliphatic heterocycles. The number of ether oxygens (including phenoxy) is 1. The van der Waals surface area contributed by atoms with Crippen molar-refractivity contribution in [1.29, 1.82) is 0 Å². The summed E-state index contributed by atoms with van der Waals surface area (Å²) in [7, 11) is 0. The van der Waals surface area contributed by atoms with Crippen LogP contribution in [0, 0.1) is 11.6 Å². The van der Waals surface area contributed by atoms with Gasteiger partial charge >= 0.3 is 5.97 Å². The normalized spacial score (nSPS) is 11.8. The summed E-state index contributed by atoms with van der Waals surface area (Å²) < 4.78 is 30.6. The lowest BCUT2D eigenvalue weighted by atomic mass is 10.1. The van der Waals surface area contributed by atoms with E-state index in [1.807, 2.05) is 0 Å². The molecule has 0 radical (unpaired) electrons. The number of rotatable bonds is 4. The Morgan fingerprint density at radius 1 is 1.37 bits per heavy atom. The Morgan fingerprint density at radius 2 is 1.95 bits per heavy atom. The van der Waals surface area contributed by atoms with Gasteiger partial charge in [0.2, 0.25) is 0 Å². The van der Waals surface area contributed by atoms with Gasteiger partial charge in [0.05, 0.1) is 12.2 Å². The molecule has 0 aliphatic rings. The lowest BCUT2D eigenvalue weighted by Gasteiger charge is -2.13. The maximum absolute atomic E-state index is 13.0. The number of hydrogen-bond acceptors (Lipinski definition) is 4. The first-order valence-corrected chi connectivity index (χ1v) is 5.58. The molecule has 104 valence electrons. The number of halogens is 2. The average Bonchev–Trinajstić information content (AvgIpc) is 2.33. The molecule has 1 aromatic rings. The zero-order valence-corrected chi connectivity index (χ0v) is 10.5. The van der Waals surface area contributed by atoms with Crippen LogP contribution in [-0.4, -0.2) is 24.5 Å². The van der Waals surface area contributed by atoms with E-state index in [9.17, 15) is 18.4 Å². The molecule has 0 saturated heterocycles. The van der Waals surface area contributed by atoms with Crippen LogP contribution in [0.3, 0.4) is 0 Å². The van der Waals surface area contributed by atoms with Crippen LogP contribution in [0.1, 0.15) is 24.2 Å². The van der Waals surface area contributed by atoms with Crippen molar-refractivity contribution in [2.75, 3.05) is 12.3 Å². The van der Waals surface area contributed by atoms with E-state index >= 15 is 0 Å². The third-order valence-corrected chi connectivity index (χ3v) is 2.32. The molecule has 1 amide bonds. The number of carbonyl (C=O) groups excluding carboxylic acids is 2. The molecule has 0 saturated carbocycles. The van der Waals surface area contributed by atoms with Crippen LogP contribution in [0.25, 0.3) is 0 Å². The van der Waals surface area contributed by atoms with E-state index in [-0.39, 0.29) is 17.9 Å². The lowest BCUT2D eigenvalue weighted by molar-refractivity contribution is -0.144. The molecule has 0 heterocycles. The molecule has 0 spiro atoms. The van der Waals surface area contributed by atoms with Crippen molar-refractivity contribution in [3.63, 3.8) is 0 Å². The third-order valence-electron chi connectivity index (χ3n) is 2.32. The van der Waals surface area contributed by atoms with Crippen molar-refractivity contribution in [2.24, 2.45) is 0 Å². The SMILES string of the molecule is CCOC(=O)C(C)NC(=O)c1cc(F)c(F)cc1N. The number of benzene rings is 1. The van der Waals surface area contributed by atoms with Crippen LogP contribution >= 0.6 is 0 Å². The van der Waals surface area contributed by atoms with Crippen molar-refractivity contribution < 1.29 is 23.1 Å². The van der Waals surface area contributed by atoms with Crippen LogP contribution in [0.2, 0.25) is 0 Å². The maximum atomic E-state index is 13.0. The van der Waals surface area contributed by atoms with Gasteiger partial charge in [-0.2, -0.15) is 0 Å². The number of hydrogen-bond donors (Lipinski definition) is 2. The minimum Gasteiger partial charge on any atom is -0.464 e. The highest BCUT2D eigenvalue weighted by atomic mass is 19.2. The molecule has 1 rings (SSSR count). The van der Waals surface area contributed by atoms with E-state index in [1.54, 1.807) is 6.92 Å². The van der Waals surface area contributed by atoms with Gasteiger partial charge in [-0.25, -0.2) is 13.6 Å². The first kappa shape index (κ1) is 14.9. The summed E-state index contributed by atoms with van der Waals surface area (Å²) in [6, 6.07) is 0.469. The summed E-state index contributed by atoms with van der Waals surface area (Å²) in [5.74, 6) is -3.75. The number of esters is 1. The zero-order chi connectivity index (χ0) is 14.6. The molecular weight excluding hydrogens is 258 g/mol. The molecule has 5 nitrogen and oxygen atoms in total.